The second-order valence-electron chi connectivity index (χ2n) is 7.74. The van der Waals surface area contributed by atoms with Crippen LogP contribution in [0.15, 0.2) is 48.5 Å². The van der Waals surface area contributed by atoms with Gasteiger partial charge in [0.25, 0.3) is 17.7 Å². The van der Waals surface area contributed by atoms with Gasteiger partial charge in [-0.2, -0.15) is 0 Å². The van der Waals surface area contributed by atoms with Crippen LogP contribution < -0.4 is 5.32 Å². The van der Waals surface area contributed by atoms with Crippen molar-refractivity contribution in [3.8, 4) is 0 Å². The summed E-state index contributed by atoms with van der Waals surface area (Å²) in [6, 6.07) is 14.1. The van der Waals surface area contributed by atoms with E-state index in [1.807, 2.05) is 24.1 Å². The van der Waals surface area contributed by atoms with Crippen LogP contribution in [0.5, 0.6) is 0 Å². The molecule has 2 heterocycles. The Kier molecular flexibility index (Phi) is 6.90. The van der Waals surface area contributed by atoms with Crippen LogP contribution in [0.2, 0.25) is 0 Å². The normalized spacial score (nSPS) is 16.4. The van der Waals surface area contributed by atoms with E-state index in [4.69, 9.17) is 0 Å². The summed E-state index contributed by atoms with van der Waals surface area (Å²) < 4.78 is 0. The Morgan fingerprint density at radius 2 is 1.63 bits per heavy atom. The SMILES string of the molecule is CNCC1CCN(C(=O)c2cccc(CN3C(=O)c4ccccc4C3=O)c2)CC1.Cl. The minimum atomic E-state index is -0.283. The standard InChI is InChI=1S/C23H25N3O3.ClH/c1-24-14-16-9-11-25(12-10-16)21(27)18-6-4-5-17(13-18)15-26-22(28)19-7-2-3-8-20(19)23(26)29;/h2-8,13,16,24H,9-12,14-15H2,1H3;1H. The third-order valence-corrected chi connectivity index (χ3v) is 5.79. The van der Waals surface area contributed by atoms with Gasteiger partial charge in [-0.1, -0.05) is 24.3 Å². The Labute approximate surface area is 182 Å². The fourth-order valence-electron chi connectivity index (χ4n) is 4.18. The second-order valence-corrected chi connectivity index (χ2v) is 7.74. The number of hydrogen-bond donors (Lipinski definition) is 1. The number of fused-ring (bicyclic) bond motifs is 1. The third-order valence-electron chi connectivity index (χ3n) is 5.79. The molecule has 0 spiro atoms. The van der Waals surface area contributed by atoms with Gasteiger partial charge in [-0.3, -0.25) is 19.3 Å². The number of carbonyl (C=O) groups is 3. The van der Waals surface area contributed by atoms with Gasteiger partial charge in [0.15, 0.2) is 0 Å². The van der Waals surface area contributed by atoms with Gasteiger partial charge >= 0.3 is 0 Å². The van der Waals surface area contributed by atoms with E-state index in [-0.39, 0.29) is 36.7 Å². The largest absolute Gasteiger partial charge is 0.339 e. The first kappa shape index (κ1) is 22.0. The molecular formula is C23H26ClN3O3. The number of rotatable bonds is 5. The molecule has 1 saturated heterocycles. The van der Waals surface area contributed by atoms with Crippen LogP contribution in [-0.2, 0) is 6.54 Å². The fourth-order valence-corrected chi connectivity index (χ4v) is 4.18. The predicted octanol–water partition coefficient (Wildman–Crippen LogP) is 2.98. The number of likely N-dealkylation sites (tertiary alicyclic amines) is 1. The van der Waals surface area contributed by atoms with E-state index >= 15 is 0 Å². The molecule has 3 amide bonds. The van der Waals surface area contributed by atoms with Gasteiger partial charge in [-0.15, -0.1) is 12.4 Å². The van der Waals surface area contributed by atoms with E-state index in [0.29, 0.717) is 22.6 Å². The van der Waals surface area contributed by atoms with Crippen LogP contribution in [0.1, 0.15) is 49.5 Å². The monoisotopic (exact) mass is 427 g/mol. The van der Waals surface area contributed by atoms with Gasteiger partial charge in [-0.05, 0) is 62.2 Å². The summed E-state index contributed by atoms with van der Waals surface area (Å²) in [5.41, 5.74) is 2.25. The number of halogens is 1. The summed E-state index contributed by atoms with van der Waals surface area (Å²) in [5, 5.41) is 3.21. The fraction of sp³-hybridized carbons (Fsp3) is 0.348. The Morgan fingerprint density at radius 3 is 2.23 bits per heavy atom. The smallest absolute Gasteiger partial charge is 0.261 e. The molecule has 0 aromatic heterocycles. The van der Waals surface area contributed by atoms with Crippen molar-refractivity contribution in [3.63, 3.8) is 0 Å². The Hall–Kier alpha value is -2.70. The zero-order chi connectivity index (χ0) is 20.4. The summed E-state index contributed by atoms with van der Waals surface area (Å²) in [4.78, 5) is 41.2. The second kappa shape index (κ2) is 9.41. The molecule has 2 aliphatic rings. The van der Waals surface area contributed by atoms with Crippen LogP contribution in [-0.4, -0.2) is 54.2 Å². The number of nitrogens with one attached hydrogen (secondary N) is 1. The number of hydrogen-bond acceptors (Lipinski definition) is 4. The average molecular weight is 428 g/mol. The minimum absolute atomic E-state index is 0. The maximum Gasteiger partial charge on any atom is 0.261 e. The Bertz CT molecular complexity index is 919. The van der Waals surface area contributed by atoms with E-state index in [0.717, 1.165) is 38.0 Å². The first-order valence-electron chi connectivity index (χ1n) is 10.1. The van der Waals surface area contributed by atoms with Crippen LogP contribution in [0, 0.1) is 5.92 Å². The van der Waals surface area contributed by atoms with Crippen molar-refractivity contribution in [2.24, 2.45) is 5.92 Å². The van der Waals surface area contributed by atoms with E-state index in [9.17, 15) is 14.4 Å². The summed E-state index contributed by atoms with van der Waals surface area (Å²) >= 11 is 0. The molecule has 7 heteroatoms. The highest BCUT2D eigenvalue weighted by Gasteiger charge is 2.35. The summed E-state index contributed by atoms with van der Waals surface area (Å²) in [6.07, 6.45) is 2.00. The van der Waals surface area contributed by atoms with Crippen molar-refractivity contribution < 1.29 is 14.4 Å². The van der Waals surface area contributed by atoms with E-state index in [1.54, 1.807) is 36.4 Å². The highest BCUT2D eigenvalue weighted by molar-refractivity contribution is 6.21. The molecule has 0 unspecified atom stereocenters. The molecule has 6 nitrogen and oxygen atoms in total. The molecule has 0 bridgehead atoms. The first-order valence-corrected chi connectivity index (χ1v) is 10.1. The number of imide groups is 1. The van der Waals surface area contributed by atoms with Crippen LogP contribution >= 0.6 is 12.4 Å². The lowest BCUT2D eigenvalue weighted by Gasteiger charge is -2.32. The molecule has 158 valence electrons. The van der Waals surface area contributed by atoms with Crippen LogP contribution in [0.4, 0.5) is 0 Å². The number of carbonyl (C=O) groups excluding carboxylic acids is 3. The lowest BCUT2D eigenvalue weighted by molar-refractivity contribution is 0.0641. The molecule has 0 atom stereocenters. The summed E-state index contributed by atoms with van der Waals surface area (Å²) in [7, 11) is 1.96. The third kappa shape index (κ3) is 4.25. The predicted molar refractivity (Wildman–Crippen MR) is 117 cm³/mol. The lowest BCUT2D eigenvalue weighted by atomic mass is 9.96. The number of piperidine rings is 1. The van der Waals surface area contributed by atoms with E-state index < -0.39 is 0 Å². The highest BCUT2D eigenvalue weighted by Crippen LogP contribution is 2.25. The van der Waals surface area contributed by atoms with Crippen LogP contribution in [0.25, 0.3) is 0 Å². The van der Waals surface area contributed by atoms with Crippen molar-refractivity contribution >= 4 is 30.1 Å². The Balaban J connectivity index is 0.00000256. The molecule has 4 rings (SSSR count). The van der Waals surface area contributed by atoms with E-state index in [2.05, 4.69) is 5.32 Å². The Morgan fingerprint density at radius 1 is 1.00 bits per heavy atom. The van der Waals surface area contributed by atoms with Crippen molar-refractivity contribution in [2.75, 3.05) is 26.7 Å². The number of benzene rings is 2. The molecule has 1 fully saturated rings. The quantitative estimate of drug-likeness (QED) is 0.745. The van der Waals surface area contributed by atoms with Crippen LogP contribution in [0.3, 0.4) is 0 Å². The summed E-state index contributed by atoms with van der Waals surface area (Å²) in [6.45, 7) is 2.66. The zero-order valence-electron chi connectivity index (χ0n) is 17.0. The molecule has 0 saturated carbocycles. The van der Waals surface area contributed by atoms with Crippen molar-refractivity contribution in [1.82, 2.24) is 15.1 Å². The van der Waals surface area contributed by atoms with E-state index in [1.165, 1.54) is 4.90 Å². The van der Waals surface area contributed by atoms with Gasteiger partial charge in [-0.25, -0.2) is 0 Å². The summed E-state index contributed by atoms with van der Waals surface area (Å²) in [5.74, 6) is 0.0594. The van der Waals surface area contributed by atoms with Crippen molar-refractivity contribution in [1.29, 1.82) is 0 Å². The lowest BCUT2D eigenvalue weighted by Crippen LogP contribution is -2.40. The van der Waals surface area contributed by atoms with Gasteiger partial charge in [0.05, 0.1) is 17.7 Å². The number of nitrogens with zero attached hydrogens (tertiary/aromatic N) is 2. The molecule has 1 N–H and O–H groups in total. The van der Waals surface area contributed by atoms with Gasteiger partial charge in [0.1, 0.15) is 0 Å². The topological polar surface area (TPSA) is 69.7 Å². The van der Waals surface area contributed by atoms with Crippen molar-refractivity contribution in [3.05, 3.63) is 70.8 Å². The van der Waals surface area contributed by atoms with Gasteiger partial charge < -0.3 is 10.2 Å². The zero-order valence-corrected chi connectivity index (χ0v) is 17.8. The molecule has 0 radical (unpaired) electrons. The molecule has 2 aromatic carbocycles. The minimum Gasteiger partial charge on any atom is -0.339 e. The molecule has 0 aliphatic carbocycles. The van der Waals surface area contributed by atoms with Gasteiger partial charge in [0, 0.05) is 18.7 Å². The number of amides is 3. The maximum absolute atomic E-state index is 12.9. The van der Waals surface area contributed by atoms with Crippen molar-refractivity contribution in [2.45, 2.75) is 19.4 Å². The van der Waals surface area contributed by atoms with Gasteiger partial charge in [0.2, 0.25) is 0 Å². The highest BCUT2D eigenvalue weighted by atomic mass is 35.5. The maximum atomic E-state index is 12.9. The average Bonchev–Trinajstić information content (AvgIpc) is 2.99. The first-order chi connectivity index (χ1) is 14.1. The molecular weight excluding hydrogens is 402 g/mol. The molecule has 2 aromatic rings. The molecule has 2 aliphatic heterocycles. The molecule has 30 heavy (non-hydrogen) atoms.